The molecule has 20 heavy (non-hydrogen) atoms. The van der Waals surface area contributed by atoms with E-state index in [1.54, 1.807) is 0 Å². The summed E-state index contributed by atoms with van der Waals surface area (Å²) in [4.78, 5) is 11.4. The average molecular weight is 272 g/mol. The van der Waals surface area contributed by atoms with Crippen LogP contribution < -0.4 is 0 Å². The number of carboxylic acid groups (broad SMARTS) is 1. The Hall–Kier alpha value is -2.03. The Labute approximate surface area is 119 Å². The summed E-state index contributed by atoms with van der Waals surface area (Å²) < 4.78 is 5.48. The Morgan fingerprint density at radius 1 is 1.20 bits per heavy atom. The molecule has 0 saturated heterocycles. The fourth-order valence-corrected chi connectivity index (χ4v) is 2.22. The van der Waals surface area contributed by atoms with Crippen molar-refractivity contribution in [1.29, 1.82) is 0 Å². The van der Waals surface area contributed by atoms with E-state index < -0.39 is 5.97 Å². The monoisotopic (exact) mass is 272 g/mol. The molecule has 0 spiro atoms. The first-order valence-electron chi connectivity index (χ1n) is 6.79. The zero-order valence-electron chi connectivity index (χ0n) is 12.4. The van der Waals surface area contributed by atoms with E-state index >= 15 is 0 Å². The Morgan fingerprint density at radius 3 is 2.25 bits per heavy atom. The second-order valence-electron chi connectivity index (χ2n) is 5.95. The van der Waals surface area contributed by atoms with Gasteiger partial charge in [0.25, 0.3) is 0 Å². The van der Waals surface area contributed by atoms with Gasteiger partial charge in [0.1, 0.15) is 11.3 Å². The molecule has 0 unspecified atom stereocenters. The molecule has 0 aliphatic carbocycles. The predicted molar refractivity (Wildman–Crippen MR) is 79.2 cm³/mol. The van der Waals surface area contributed by atoms with Crippen LogP contribution in [0.2, 0.25) is 0 Å². The first-order valence-corrected chi connectivity index (χ1v) is 6.79. The van der Waals surface area contributed by atoms with E-state index in [1.165, 1.54) is 11.8 Å². The Morgan fingerprint density at radius 2 is 1.80 bits per heavy atom. The molecule has 2 rings (SSSR count). The van der Waals surface area contributed by atoms with Crippen LogP contribution >= 0.6 is 0 Å². The maximum absolute atomic E-state index is 11.4. The molecule has 1 N–H and O–H groups in total. The molecule has 3 heteroatoms. The van der Waals surface area contributed by atoms with Crippen molar-refractivity contribution in [3.05, 3.63) is 47.2 Å². The van der Waals surface area contributed by atoms with E-state index in [4.69, 9.17) is 4.42 Å². The van der Waals surface area contributed by atoms with Crippen LogP contribution in [0.5, 0.6) is 0 Å². The zero-order chi connectivity index (χ0) is 14.9. The topological polar surface area (TPSA) is 50.4 Å². The standard InChI is InChI=1S/C17H20O3/c1-5-11-10-20-15(14(11)16(18)19)12-6-8-13(9-7-12)17(2,3)4/h6-10H,5H2,1-4H3,(H,18,19). The van der Waals surface area contributed by atoms with Crippen LogP contribution in [0.1, 0.15) is 49.2 Å². The lowest BCUT2D eigenvalue weighted by atomic mass is 9.86. The van der Waals surface area contributed by atoms with Crippen LogP contribution in [0.15, 0.2) is 34.9 Å². The van der Waals surface area contributed by atoms with Crippen LogP contribution in [0.25, 0.3) is 11.3 Å². The first kappa shape index (κ1) is 14.4. The van der Waals surface area contributed by atoms with Gasteiger partial charge in [-0.2, -0.15) is 0 Å². The van der Waals surface area contributed by atoms with Crippen molar-refractivity contribution >= 4 is 5.97 Å². The quantitative estimate of drug-likeness (QED) is 0.894. The number of hydrogen-bond acceptors (Lipinski definition) is 2. The third-order valence-corrected chi connectivity index (χ3v) is 3.48. The molecule has 0 aliphatic heterocycles. The van der Waals surface area contributed by atoms with E-state index in [9.17, 15) is 9.90 Å². The van der Waals surface area contributed by atoms with Crippen molar-refractivity contribution in [3.63, 3.8) is 0 Å². The van der Waals surface area contributed by atoms with E-state index in [2.05, 4.69) is 20.8 Å². The normalized spacial score (nSPS) is 11.6. The number of benzene rings is 1. The number of furan rings is 1. The molecule has 0 atom stereocenters. The minimum Gasteiger partial charge on any atom is -0.478 e. The van der Waals surface area contributed by atoms with Gasteiger partial charge in [0.05, 0.1) is 6.26 Å². The molecular weight excluding hydrogens is 252 g/mol. The molecule has 3 nitrogen and oxygen atoms in total. The lowest BCUT2D eigenvalue weighted by Crippen LogP contribution is -2.10. The minimum absolute atomic E-state index is 0.0753. The summed E-state index contributed by atoms with van der Waals surface area (Å²) >= 11 is 0. The second kappa shape index (κ2) is 5.16. The minimum atomic E-state index is -0.939. The Bertz CT molecular complexity index is 613. The fraction of sp³-hybridized carbons (Fsp3) is 0.353. The summed E-state index contributed by atoms with van der Waals surface area (Å²) in [7, 11) is 0. The van der Waals surface area contributed by atoms with E-state index in [-0.39, 0.29) is 11.0 Å². The van der Waals surface area contributed by atoms with Crippen molar-refractivity contribution in [2.24, 2.45) is 0 Å². The maximum atomic E-state index is 11.4. The first-order chi connectivity index (χ1) is 9.34. The molecule has 0 saturated carbocycles. The largest absolute Gasteiger partial charge is 0.478 e. The summed E-state index contributed by atoms with van der Waals surface area (Å²) in [6.45, 7) is 8.36. The molecule has 1 aromatic carbocycles. The van der Waals surface area contributed by atoms with Gasteiger partial charge in [0.15, 0.2) is 0 Å². The number of aryl methyl sites for hydroxylation is 1. The zero-order valence-corrected chi connectivity index (χ0v) is 12.4. The van der Waals surface area contributed by atoms with Gasteiger partial charge in [-0.1, -0.05) is 52.0 Å². The number of aromatic carboxylic acids is 1. The number of carboxylic acids is 1. The highest BCUT2D eigenvalue weighted by Crippen LogP contribution is 2.31. The number of rotatable bonds is 3. The third kappa shape index (κ3) is 2.62. The van der Waals surface area contributed by atoms with E-state index in [0.29, 0.717) is 12.2 Å². The Balaban J connectivity index is 2.47. The van der Waals surface area contributed by atoms with Crippen LogP contribution in [-0.4, -0.2) is 11.1 Å². The molecule has 0 aliphatic rings. The SMILES string of the molecule is CCc1coc(-c2ccc(C(C)(C)C)cc2)c1C(=O)O. The lowest BCUT2D eigenvalue weighted by Gasteiger charge is -2.18. The van der Waals surface area contributed by atoms with Crippen LogP contribution in [0.4, 0.5) is 0 Å². The molecule has 0 fully saturated rings. The average Bonchev–Trinajstić information content (AvgIpc) is 2.81. The summed E-state index contributed by atoms with van der Waals surface area (Å²) in [6, 6.07) is 7.89. The number of hydrogen-bond donors (Lipinski definition) is 1. The van der Waals surface area contributed by atoms with Gasteiger partial charge in [0.2, 0.25) is 0 Å². The highest BCUT2D eigenvalue weighted by Gasteiger charge is 2.21. The summed E-state index contributed by atoms with van der Waals surface area (Å²) in [5, 5.41) is 9.35. The highest BCUT2D eigenvalue weighted by molar-refractivity contribution is 5.96. The van der Waals surface area contributed by atoms with Gasteiger partial charge in [-0.05, 0) is 17.4 Å². The van der Waals surface area contributed by atoms with Crippen molar-refractivity contribution in [1.82, 2.24) is 0 Å². The van der Waals surface area contributed by atoms with E-state index in [0.717, 1.165) is 11.1 Å². The van der Waals surface area contributed by atoms with Gasteiger partial charge in [-0.3, -0.25) is 0 Å². The molecule has 1 heterocycles. The molecule has 2 aromatic rings. The predicted octanol–water partition coefficient (Wildman–Crippen LogP) is 4.50. The second-order valence-corrected chi connectivity index (χ2v) is 5.95. The van der Waals surface area contributed by atoms with Crippen molar-refractivity contribution < 1.29 is 14.3 Å². The van der Waals surface area contributed by atoms with Gasteiger partial charge in [-0.15, -0.1) is 0 Å². The molecular formula is C17H20O3. The molecule has 106 valence electrons. The molecule has 0 bridgehead atoms. The van der Waals surface area contributed by atoms with Crippen molar-refractivity contribution in [2.45, 2.75) is 39.5 Å². The molecule has 0 amide bonds. The van der Waals surface area contributed by atoms with Crippen molar-refractivity contribution in [3.8, 4) is 11.3 Å². The summed E-state index contributed by atoms with van der Waals surface area (Å²) in [5.74, 6) is -0.500. The van der Waals surface area contributed by atoms with Gasteiger partial charge < -0.3 is 9.52 Å². The highest BCUT2D eigenvalue weighted by atomic mass is 16.4. The van der Waals surface area contributed by atoms with Crippen molar-refractivity contribution in [2.75, 3.05) is 0 Å². The van der Waals surface area contributed by atoms with Crippen LogP contribution in [0.3, 0.4) is 0 Å². The molecule has 0 radical (unpaired) electrons. The third-order valence-electron chi connectivity index (χ3n) is 3.48. The smallest absolute Gasteiger partial charge is 0.339 e. The maximum Gasteiger partial charge on any atom is 0.339 e. The van der Waals surface area contributed by atoms with Gasteiger partial charge in [0, 0.05) is 11.1 Å². The molecule has 1 aromatic heterocycles. The summed E-state index contributed by atoms with van der Waals surface area (Å²) in [6.07, 6.45) is 2.18. The van der Waals surface area contributed by atoms with Gasteiger partial charge >= 0.3 is 5.97 Å². The number of carbonyl (C=O) groups is 1. The Kier molecular flexibility index (Phi) is 3.71. The van der Waals surface area contributed by atoms with Crippen LogP contribution in [-0.2, 0) is 11.8 Å². The van der Waals surface area contributed by atoms with Gasteiger partial charge in [-0.25, -0.2) is 4.79 Å². The lowest BCUT2D eigenvalue weighted by molar-refractivity contribution is 0.0696. The fourth-order valence-electron chi connectivity index (χ4n) is 2.22. The summed E-state index contributed by atoms with van der Waals surface area (Å²) in [5.41, 5.74) is 3.09. The van der Waals surface area contributed by atoms with E-state index in [1.807, 2.05) is 31.2 Å². The van der Waals surface area contributed by atoms with Crippen LogP contribution in [0, 0.1) is 0 Å².